The van der Waals surface area contributed by atoms with Crippen molar-refractivity contribution < 1.29 is 4.74 Å². The standard InChI is InChI=1S/C14H20ClNOS/c1-10-13(6-4-8-18-10)16-9-11-12(15)5-3-7-14(11)17-2/h3,5,7,10,13,16H,4,6,8-9H2,1-2H3. The third kappa shape index (κ3) is 3.34. The van der Waals surface area contributed by atoms with Gasteiger partial charge in [-0.3, -0.25) is 0 Å². The Labute approximate surface area is 118 Å². The summed E-state index contributed by atoms with van der Waals surface area (Å²) in [4.78, 5) is 0. The number of thioether (sulfide) groups is 1. The summed E-state index contributed by atoms with van der Waals surface area (Å²) in [6, 6.07) is 6.37. The zero-order chi connectivity index (χ0) is 13.0. The van der Waals surface area contributed by atoms with Crippen LogP contribution in [0.3, 0.4) is 0 Å². The molecule has 0 amide bonds. The van der Waals surface area contributed by atoms with Crippen LogP contribution in [0.15, 0.2) is 18.2 Å². The minimum Gasteiger partial charge on any atom is -0.496 e. The maximum atomic E-state index is 6.24. The third-order valence-corrected chi connectivity index (χ3v) is 5.18. The Morgan fingerprint density at radius 1 is 1.50 bits per heavy atom. The Balaban J connectivity index is 2.01. The van der Waals surface area contributed by atoms with Gasteiger partial charge in [-0.2, -0.15) is 11.8 Å². The van der Waals surface area contributed by atoms with Gasteiger partial charge >= 0.3 is 0 Å². The summed E-state index contributed by atoms with van der Waals surface area (Å²) >= 11 is 8.29. The number of hydrogen-bond donors (Lipinski definition) is 1. The Kier molecular flexibility index (Phi) is 5.22. The van der Waals surface area contributed by atoms with E-state index in [9.17, 15) is 0 Å². The van der Waals surface area contributed by atoms with Gasteiger partial charge in [-0.05, 0) is 30.7 Å². The van der Waals surface area contributed by atoms with Crippen molar-refractivity contribution in [1.29, 1.82) is 0 Å². The molecule has 1 aromatic rings. The second-order valence-electron chi connectivity index (χ2n) is 4.63. The van der Waals surface area contributed by atoms with Gasteiger partial charge in [0.1, 0.15) is 5.75 Å². The minimum atomic E-state index is 0.574. The van der Waals surface area contributed by atoms with Crippen molar-refractivity contribution in [2.24, 2.45) is 0 Å². The lowest BCUT2D eigenvalue weighted by atomic mass is 10.1. The van der Waals surface area contributed by atoms with Crippen molar-refractivity contribution >= 4 is 23.4 Å². The zero-order valence-corrected chi connectivity index (χ0v) is 12.5. The predicted molar refractivity (Wildman–Crippen MR) is 79.8 cm³/mol. The molecule has 1 N–H and O–H groups in total. The van der Waals surface area contributed by atoms with Gasteiger partial charge in [0.05, 0.1) is 7.11 Å². The Bertz CT molecular complexity index is 399. The van der Waals surface area contributed by atoms with Gasteiger partial charge in [0, 0.05) is 28.4 Å². The van der Waals surface area contributed by atoms with E-state index in [1.807, 2.05) is 30.0 Å². The molecule has 100 valence electrons. The summed E-state index contributed by atoms with van der Waals surface area (Å²) in [5.41, 5.74) is 1.06. The number of halogens is 1. The van der Waals surface area contributed by atoms with Crippen LogP contribution >= 0.6 is 23.4 Å². The lowest BCUT2D eigenvalue weighted by Gasteiger charge is -2.29. The van der Waals surface area contributed by atoms with Crippen LogP contribution in [0.5, 0.6) is 5.75 Å². The monoisotopic (exact) mass is 285 g/mol. The van der Waals surface area contributed by atoms with Crippen LogP contribution < -0.4 is 10.1 Å². The zero-order valence-electron chi connectivity index (χ0n) is 10.9. The van der Waals surface area contributed by atoms with Gasteiger partial charge in [0.25, 0.3) is 0 Å². The molecule has 0 aromatic heterocycles. The summed E-state index contributed by atoms with van der Waals surface area (Å²) < 4.78 is 5.36. The molecular weight excluding hydrogens is 266 g/mol. The van der Waals surface area contributed by atoms with Crippen LogP contribution in [-0.4, -0.2) is 24.2 Å². The van der Waals surface area contributed by atoms with E-state index in [0.717, 1.165) is 22.9 Å². The minimum absolute atomic E-state index is 0.574. The fourth-order valence-corrected chi connectivity index (χ4v) is 3.73. The first-order valence-corrected chi connectivity index (χ1v) is 7.81. The largest absolute Gasteiger partial charge is 0.496 e. The van der Waals surface area contributed by atoms with E-state index in [1.165, 1.54) is 18.6 Å². The highest BCUT2D eigenvalue weighted by molar-refractivity contribution is 7.99. The van der Waals surface area contributed by atoms with E-state index in [-0.39, 0.29) is 0 Å². The molecule has 18 heavy (non-hydrogen) atoms. The SMILES string of the molecule is COc1cccc(Cl)c1CNC1CCCSC1C. The Morgan fingerprint density at radius 3 is 3.06 bits per heavy atom. The average molecular weight is 286 g/mol. The van der Waals surface area contributed by atoms with Crippen LogP contribution in [0.1, 0.15) is 25.3 Å². The first-order chi connectivity index (χ1) is 8.72. The van der Waals surface area contributed by atoms with Crippen molar-refractivity contribution in [2.45, 2.75) is 37.6 Å². The molecular formula is C14H20ClNOS. The smallest absolute Gasteiger partial charge is 0.124 e. The second kappa shape index (κ2) is 6.69. The van der Waals surface area contributed by atoms with Gasteiger partial charge in [0.15, 0.2) is 0 Å². The molecule has 1 fully saturated rings. The topological polar surface area (TPSA) is 21.3 Å². The average Bonchev–Trinajstić information content (AvgIpc) is 2.39. The van der Waals surface area contributed by atoms with Crippen molar-refractivity contribution in [1.82, 2.24) is 5.32 Å². The highest BCUT2D eigenvalue weighted by Crippen LogP contribution is 2.28. The lowest BCUT2D eigenvalue weighted by molar-refractivity contribution is 0.401. The molecule has 0 saturated carbocycles. The summed E-state index contributed by atoms with van der Waals surface area (Å²) in [5.74, 6) is 2.15. The van der Waals surface area contributed by atoms with E-state index in [2.05, 4.69) is 12.2 Å². The van der Waals surface area contributed by atoms with Crippen molar-refractivity contribution in [3.63, 3.8) is 0 Å². The molecule has 1 aromatic carbocycles. The number of hydrogen-bond acceptors (Lipinski definition) is 3. The van der Waals surface area contributed by atoms with E-state index in [1.54, 1.807) is 7.11 Å². The van der Waals surface area contributed by atoms with Crippen LogP contribution in [-0.2, 0) is 6.54 Å². The molecule has 0 bridgehead atoms. The van der Waals surface area contributed by atoms with Gasteiger partial charge in [-0.25, -0.2) is 0 Å². The molecule has 0 spiro atoms. The summed E-state index contributed by atoms with van der Waals surface area (Å²) in [6.45, 7) is 3.07. The number of rotatable bonds is 4. The van der Waals surface area contributed by atoms with Crippen LogP contribution in [0.25, 0.3) is 0 Å². The summed E-state index contributed by atoms with van der Waals surface area (Å²) in [7, 11) is 1.69. The highest BCUT2D eigenvalue weighted by Gasteiger charge is 2.21. The molecule has 1 aliphatic rings. The predicted octanol–water partition coefficient (Wildman–Crippen LogP) is 3.72. The van der Waals surface area contributed by atoms with E-state index >= 15 is 0 Å². The molecule has 1 saturated heterocycles. The maximum absolute atomic E-state index is 6.24. The first kappa shape index (κ1) is 14.0. The molecule has 1 aliphatic heterocycles. The molecule has 2 rings (SSSR count). The molecule has 2 atom stereocenters. The number of nitrogens with one attached hydrogen (secondary N) is 1. The van der Waals surface area contributed by atoms with E-state index in [4.69, 9.17) is 16.3 Å². The van der Waals surface area contributed by atoms with Crippen LogP contribution in [0.2, 0.25) is 5.02 Å². The molecule has 4 heteroatoms. The summed E-state index contributed by atoms with van der Waals surface area (Å²) in [6.07, 6.45) is 2.55. The normalized spacial score (nSPS) is 23.9. The van der Waals surface area contributed by atoms with Gasteiger partial charge in [-0.15, -0.1) is 0 Å². The maximum Gasteiger partial charge on any atom is 0.124 e. The Hall–Kier alpha value is -0.380. The Morgan fingerprint density at radius 2 is 2.33 bits per heavy atom. The summed E-state index contributed by atoms with van der Waals surface area (Å²) in [5, 5.41) is 5.07. The van der Waals surface area contributed by atoms with Crippen molar-refractivity contribution in [3.8, 4) is 5.75 Å². The molecule has 0 aliphatic carbocycles. The molecule has 1 heterocycles. The molecule has 0 radical (unpaired) electrons. The van der Waals surface area contributed by atoms with Gasteiger partial charge in [-0.1, -0.05) is 24.6 Å². The van der Waals surface area contributed by atoms with E-state index < -0.39 is 0 Å². The molecule has 2 unspecified atom stereocenters. The third-order valence-electron chi connectivity index (χ3n) is 3.44. The highest BCUT2D eigenvalue weighted by atomic mass is 35.5. The fourth-order valence-electron chi connectivity index (χ4n) is 2.33. The van der Waals surface area contributed by atoms with Crippen molar-refractivity contribution in [2.75, 3.05) is 12.9 Å². The van der Waals surface area contributed by atoms with Gasteiger partial charge < -0.3 is 10.1 Å². The van der Waals surface area contributed by atoms with Gasteiger partial charge in [0.2, 0.25) is 0 Å². The van der Waals surface area contributed by atoms with Crippen molar-refractivity contribution in [3.05, 3.63) is 28.8 Å². The number of benzene rings is 1. The first-order valence-electron chi connectivity index (χ1n) is 6.38. The molecule has 2 nitrogen and oxygen atoms in total. The second-order valence-corrected chi connectivity index (χ2v) is 6.52. The lowest BCUT2D eigenvalue weighted by Crippen LogP contribution is -2.38. The number of methoxy groups -OCH3 is 1. The number of ether oxygens (including phenoxy) is 1. The fraction of sp³-hybridized carbons (Fsp3) is 0.571. The van der Waals surface area contributed by atoms with Crippen LogP contribution in [0.4, 0.5) is 0 Å². The van der Waals surface area contributed by atoms with E-state index in [0.29, 0.717) is 11.3 Å². The van der Waals surface area contributed by atoms with Crippen LogP contribution in [0, 0.1) is 0 Å². The quantitative estimate of drug-likeness (QED) is 0.911.